The number of aromatic hydroxyl groups is 1. The lowest BCUT2D eigenvalue weighted by atomic mass is 10.1. The fourth-order valence-electron chi connectivity index (χ4n) is 2.05. The van der Waals surface area contributed by atoms with Gasteiger partial charge in [-0.05, 0) is 36.3 Å². The highest BCUT2D eigenvalue weighted by Gasteiger charge is 2.09. The van der Waals surface area contributed by atoms with Crippen LogP contribution in [0.1, 0.15) is 28.4 Å². The fraction of sp³-hybridized carbons (Fsp3) is 0.111. The third kappa shape index (κ3) is 3.82. The number of hydrogen-bond donors (Lipinski definition) is 2. The van der Waals surface area contributed by atoms with E-state index in [1.807, 2.05) is 31.2 Å². The molecular weight excluding hydrogens is 278 g/mol. The number of ketones is 1. The molecule has 0 aliphatic carbocycles. The van der Waals surface area contributed by atoms with Gasteiger partial charge in [0.05, 0.1) is 5.56 Å². The lowest BCUT2D eigenvalue weighted by Crippen LogP contribution is -2.06. The Kier molecular flexibility index (Phi) is 4.73. The number of hydrogen-bond acceptors (Lipinski definition) is 3. The molecule has 0 saturated carbocycles. The summed E-state index contributed by atoms with van der Waals surface area (Å²) in [6.45, 7) is 3.34. The van der Waals surface area contributed by atoms with E-state index < -0.39 is 0 Å². The Hall–Kier alpha value is -2.88. The molecule has 22 heavy (non-hydrogen) atoms. The molecule has 112 valence electrons. The minimum absolute atomic E-state index is 0.161. The summed E-state index contributed by atoms with van der Waals surface area (Å²) < 4.78 is 0. The summed E-state index contributed by atoms with van der Waals surface area (Å²) in [6, 6.07) is 12.1. The molecule has 0 saturated heterocycles. The van der Waals surface area contributed by atoms with Gasteiger partial charge in [0.15, 0.2) is 5.78 Å². The van der Waals surface area contributed by atoms with Crippen molar-refractivity contribution in [1.82, 2.24) is 0 Å². The lowest BCUT2D eigenvalue weighted by molar-refractivity contribution is -0.114. The maximum atomic E-state index is 12.1. The van der Waals surface area contributed by atoms with Gasteiger partial charge in [0, 0.05) is 18.7 Å². The Morgan fingerprint density at radius 2 is 1.86 bits per heavy atom. The number of phenolic OH excluding ortho intramolecular Hbond substituents is 1. The van der Waals surface area contributed by atoms with E-state index in [0.717, 1.165) is 11.1 Å². The molecule has 0 radical (unpaired) electrons. The minimum atomic E-state index is -0.296. The number of phenols is 1. The predicted molar refractivity (Wildman–Crippen MR) is 87.0 cm³/mol. The first-order valence-electron chi connectivity index (χ1n) is 6.86. The first-order valence-corrected chi connectivity index (χ1v) is 6.86. The normalized spacial score (nSPS) is 10.6. The molecule has 0 bridgehead atoms. The highest BCUT2D eigenvalue weighted by Crippen LogP contribution is 2.23. The van der Waals surface area contributed by atoms with Crippen LogP contribution in [0, 0.1) is 6.92 Å². The van der Waals surface area contributed by atoms with Crippen molar-refractivity contribution in [2.24, 2.45) is 0 Å². The number of aryl methyl sites for hydroxylation is 1. The Morgan fingerprint density at radius 1 is 1.14 bits per heavy atom. The second-order valence-electron chi connectivity index (χ2n) is 4.97. The van der Waals surface area contributed by atoms with Crippen molar-refractivity contribution in [1.29, 1.82) is 0 Å². The van der Waals surface area contributed by atoms with E-state index in [0.29, 0.717) is 5.69 Å². The van der Waals surface area contributed by atoms with Crippen molar-refractivity contribution in [3.8, 4) is 5.75 Å². The van der Waals surface area contributed by atoms with Crippen molar-refractivity contribution in [3.63, 3.8) is 0 Å². The molecule has 0 aliphatic heterocycles. The number of allylic oxidation sites excluding steroid dienone is 1. The predicted octanol–water partition coefficient (Wildman–Crippen LogP) is 3.56. The molecular formula is C18H17NO3. The third-order valence-corrected chi connectivity index (χ3v) is 3.19. The average molecular weight is 295 g/mol. The smallest absolute Gasteiger partial charge is 0.221 e. The molecule has 0 aliphatic rings. The van der Waals surface area contributed by atoms with E-state index in [4.69, 9.17) is 0 Å². The number of anilines is 1. The molecule has 0 fully saturated rings. The summed E-state index contributed by atoms with van der Waals surface area (Å²) in [5.41, 5.74) is 2.66. The Labute approximate surface area is 129 Å². The van der Waals surface area contributed by atoms with Crippen molar-refractivity contribution >= 4 is 23.5 Å². The van der Waals surface area contributed by atoms with Gasteiger partial charge in [-0.15, -0.1) is 0 Å². The van der Waals surface area contributed by atoms with E-state index in [1.165, 1.54) is 25.1 Å². The van der Waals surface area contributed by atoms with Gasteiger partial charge in [-0.25, -0.2) is 0 Å². The zero-order valence-electron chi connectivity index (χ0n) is 12.5. The summed E-state index contributed by atoms with van der Waals surface area (Å²) >= 11 is 0. The van der Waals surface area contributed by atoms with Gasteiger partial charge in [0.2, 0.25) is 5.91 Å². The Balaban J connectivity index is 2.19. The zero-order valence-corrected chi connectivity index (χ0v) is 12.5. The van der Waals surface area contributed by atoms with E-state index in [-0.39, 0.29) is 23.0 Å². The molecule has 2 aromatic carbocycles. The topological polar surface area (TPSA) is 66.4 Å². The second kappa shape index (κ2) is 6.72. The molecule has 0 atom stereocenters. The summed E-state index contributed by atoms with van der Waals surface area (Å²) in [5.74, 6) is -0.696. The average Bonchev–Trinajstić information content (AvgIpc) is 2.45. The van der Waals surface area contributed by atoms with Crippen molar-refractivity contribution in [3.05, 3.63) is 65.2 Å². The van der Waals surface area contributed by atoms with Gasteiger partial charge in [-0.3, -0.25) is 9.59 Å². The monoisotopic (exact) mass is 295 g/mol. The molecule has 0 aromatic heterocycles. The standard InChI is InChI=1S/C18H17NO3/c1-12-5-3-4-6-14(12)7-10-17(21)16-9-8-15(11-18(16)22)19-13(2)20/h3-11,22H,1-2H3,(H,19,20). The Morgan fingerprint density at radius 3 is 2.50 bits per heavy atom. The first-order chi connectivity index (χ1) is 10.5. The van der Waals surface area contributed by atoms with Crippen LogP contribution in [0.25, 0.3) is 6.08 Å². The van der Waals surface area contributed by atoms with Crippen LogP contribution < -0.4 is 5.32 Å². The zero-order chi connectivity index (χ0) is 16.1. The SMILES string of the molecule is CC(=O)Nc1ccc(C(=O)C=Cc2ccccc2C)c(O)c1. The minimum Gasteiger partial charge on any atom is -0.507 e. The van der Waals surface area contributed by atoms with Crippen LogP contribution in [0.3, 0.4) is 0 Å². The van der Waals surface area contributed by atoms with Gasteiger partial charge in [-0.2, -0.15) is 0 Å². The summed E-state index contributed by atoms with van der Waals surface area (Å²) in [7, 11) is 0. The van der Waals surface area contributed by atoms with Crippen LogP contribution in [-0.2, 0) is 4.79 Å². The van der Waals surface area contributed by atoms with Gasteiger partial charge in [-0.1, -0.05) is 30.3 Å². The number of carbonyl (C=O) groups is 2. The lowest BCUT2D eigenvalue weighted by Gasteiger charge is -2.05. The molecule has 4 nitrogen and oxygen atoms in total. The molecule has 0 heterocycles. The molecule has 0 unspecified atom stereocenters. The van der Waals surface area contributed by atoms with E-state index in [1.54, 1.807) is 12.1 Å². The Bertz CT molecular complexity index is 748. The van der Waals surface area contributed by atoms with E-state index >= 15 is 0 Å². The van der Waals surface area contributed by atoms with Crippen LogP contribution in [-0.4, -0.2) is 16.8 Å². The van der Waals surface area contributed by atoms with Crippen LogP contribution in [0.2, 0.25) is 0 Å². The number of carbonyl (C=O) groups excluding carboxylic acids is 2. The molecule has 2 rings (SSSR count). The van der Waals surface area contributed by atoms with E-state index in [9.17, 15) is 14.7 Å². The second-order valence-corrected chi connectivity index (χ2v) is 4.97. The van der Waals surface area contributed by atoms with Gasteiger partial charge in [0.1, 0.15) is 5.75 Å². The maximum absolute atomic E-state index is 12.1. The molecule has 2 aromatic rings. The largest absolute Gasteiger partial charge is 0.507 e. The highest BCUT2D eigenvalue weighted by molar-refractivity contribution is 6.09. The number of rotatable bonds is 4. The maximum Gasteiger partial charge on any atom is 0.221 e. The highest BCUT2D eigenvalue weighted by atomic mass is 16.3. The van der Waals surface area contributed by atoms with Crippen LogP contribution >= 0.6 is 0 Å². The molecule has 2 N–H and O–H groups in total. The van der Waals surface area contributed by atoms with Crippen molar-refractivity contribution in [2.45, 2.75) is 13.8 Å². The summed E-state index contributed by atoms with van der Waals surface area (Å²) in [4.78, 5) is 23.1. The van der Waals surface area contributed by atoms with Gasteiger partial charge in [0.25, 0.3) is 0 Å². The van der Waals surface area contributed by atoms with E-state index in [2.05, 4.69) is 5.32 Å². The summed E-state index contributed by atoms with van der Waals surface area (Å²) in [5, 5.41) is 12.5. The fourth-order valence-corrected chi connectivity index (χ4v) is 2.05. The van der Waals surface area contributed by atoms with Crippen molar-refractivity contribution < 1.29 is 14.7 Å². The first kappa shape index (κ1) is 15.5. The van der Waals surface area contributed by atoms with Crippen molar-refractivity contribution in [2.75, 3.05) is 5.32 Å². The quantitative estimate of drug-likeness (QED) is 0.669. The van der Waals surface area contributed by atoms with Gasteiger partial charge >= 0.3 is 0 Å². The third-order valence-electron chi connectivity index (χ3n) is 3.19. The molecule has 4 heteroatoms. The molecule has 1 amide bonds. The summed E-state index contributed by atoms with van der Waals surface area (Å²) in [6.07, 6.45) is 3.15. The van der Waals surface area contributed by atoms with Crippen LogP contribution in [0.15, 0.2) is 48.5 Å². The number of benzene rings is 2. The number of nitrogens with one attached hydrogen (secondary N) is 1. The van der Waals surface area contributed by atoms with Crippen LogP contribution in [0.4, 0.5) is 5.69 Å². The van der Waals surface area contributed by atoms with Crippen LogP contribution in [0.5, 0.6) is 5.75 Å². The van der Waals surface area contributed by atoms with Gasteiger partial charge < -0.3 is 10.4 Å². The molecule has 0 spiro atoms. The number of amides is 1.